The molecule has 2 rings (SSSR count). The van der Waals surface area contributed by atoms with Gasteiger partial charge >= 0.3 is 0 Å². The molecule has 0 saturated heterocycles. The second-order valence-electron chi connectivity index (χ2n) is 4.07. The van der Waals surface area contributed by atoms with E-state index in [1.165, 1.54) is 6.33 Å². The number of nitrogens with zero attached hydrogens (tertiary/aromatic N) is 4. The van der Waals surface area contributed by atoms with Gasteiger partial charge in [0, 0.05) is 24.0 Å². The summed E-state index contributed by atoms with van der Waals surface area (Å²) in [4.78, 5) is 7.91. The Morgan fingerprint density at radius 2 is 1.88 bits per heavy atom. The molecule has 0 radical (unpaired) electrons. The number of hydrogen-bond acceptors (Lipinski definition) is 4. The molecule has 6 heteroatoms. The van der Waals surface area contributed by atoms with Gasteiger partial charge in [-0.1, -0.05) is 11.6 Å². The van der Waals surface area contributed by atoms with E-state index in [1.54, 1.807) is 18.6 Å². The van der Waals surface area contributed by atoms with Gasteiger partial charge in [-0.15, -0.1) is 0 Å². The Bertz CT molecular complexity index is 494. The standard InChI is InChI=1S/C11H14ClN5/c1-7(2)17-11(9(12)5-16-17)10(13)8-3-14-6-15-4-8/h3-7,10H,13H2,1-2H3. The van der Waals surface area contributed by atoms with E-state index in [0.717, 1.165) is 11.3 Å². The van der Waals surface area contributed by atoms with Gasteiger partial charge in [-0.05, 0) is 13.8 Å². The fraction of sp³-hybridized carbons (Fsp3) is 0.364. The molecule has 2 aromatic heterocycles. The molecular formula is C11H14ClN5. The second kappa shape index (κ2) is 4.81. The Labute approximate surface area is 105 Å². The summed E-state index contributed by atoms with van der Waals surface area (Å²) in [5, 5.41) is 4.79. The highest BCUT2D eigenvalue weighted by molar-refractivity contribution is 6.31. The van der Waals surface area contributed by atoms with Gasteiger partial charge in [0.1, 0.15) is 6.33 Å². The molecule has 0 amide bonds. The summed E-state index contributed by atoms with van der Waals surface area (Å²) in [7, 11) is 0. The minimum absolute atomic E-state index is 0.202. The third kappa shape index (κ3) is 2.30. The lowest BCUT2D eigenvalue weighted by Gasteiger charge is -2.17. The normalized spacial score (nSPS) is 13.0. The van der Waals surface area contributed by atoms with Gasteiger partial charge in [0.25, 0.3) is 0 Å². The molecule has 0 spiro atoms. The maximum atomic E-state index is 6.17. The van der Waals surface area contributed by atoms with Gasteiger partial charge in [-0.2, -0.15) is 5.10 Å². The van der Waals surface area contributed by atoms with Crippen LogP contribution in [0, 0.1) is 0 Å². The lowest BCUT2D eigenvalue weighted by atomic mass is 10.1. The monoisotopic (exact) mass is 251 g/mol. The highest BCUT2D eigenvalue weighted by Crippen LogP contribution is 2.27. The van der Waals surface area contributed by atoms with E-state index in [1.807, 2.05) is 18.5 Å². The summed E-state index contributed by atoms with van der Waals surface area (Å²) in [5.74, 6) is 0. The van der Waals surface area contributed by atoms with Crippen LogP contribution in [0.1, 0.15) is 37.2 Å². The van der Waals surface area contributed by atoms with Crippen molar-refractivity contribution < 1.29 is 0 Å². The molecule has 2 N–H and O–H groups in total. The van der Waals surface area contributed by atoms with Crippen molar-refractivity contribution in [1.82, 2.24) is 19.7 Å². The summed E-state index contributed by atoms with van der Waals surface area (Å²) >= 11 is 6.13. The zero-order valence-electron chi connectivity index (χ0n) is 9.71. The first-order valence-electron chi connectivity index (χ1n) is 5.34. The Morgan fingerprint density at radius 1 is 1.24 bits per heavy atom. The van der Waals surface area contributed by atoms with Gasteiger partial charge in [0.2, 0.25) is 0 Å². The largest absolute Gasteiger partial charge is 0.319 e. The molecule has 5 nitrogen and oxygen atoms in total. The molecule has 90 valence electrons. The molecule has 0 saturated carbocycles. The summed E-state index contributed by atoms with van der Waals surface area (Å²) in [6.07, 6.45) is 6.45. The molecule has 1 unspecified atom stereocenters. The van der Waals surface area contributed by atoms with Crippen LogP contribution in [0.25, 0.3) is 0 Å². The Hall–Kier alpha value is -1.46. The van der Waals surface area contributed by atoms with Gasteiger partial charge in [0.15, 0.2) is 0 Å². The van der Waals surface area contributed by atoms with E-state index in [-0.39, 0.29) is 12.1 Å². The highest BCUT2D eigenvalue weighted by atomic mass is 35.5. The first kappa shape index (κ1) is 12.0. The summed E-state index contributed by atoms with van der Waals surface area (Å²) in [6, 6.07) is -0.165. The Morgan fingerprint density at radius 3 is 2.47 bits per heavy atom. The van der Waals surface area contributed by atoms with E-state index < -0.39 is 0 Å². The molecule has 0 aliphatic rings. The fourth-order valence-electron chi connectivity index (χ4n) is 1.68. The van der Waals surface area contributed by atoms with Crippen LogP contribution in [0.15, 0.2) is 24.9 Å². The number of hydrogen-bond donors (Lipinski definition) is 1. The van der Waals surface area contributed by atoms with E-state index in [4.69, 9.17) is 17.3 Å². The fourth-order valence-corrected chi connectivity index (χ4v) is 1.93. The zero-order valence-corrected chi connectivity index (χ0v) is 10.5. The number of nitrogens with two attached hydrogens (primary N) is 1. The van der Waals surface area contributed by atoms with Crippen molar-refractivity contribution in [2.45, 2.75) is 25.9 Å². The van der Waals surface area contributed by atoms with Crippen LogP contribution in [-0.2, 0) is 0 Å². The SMILES string of the molecule is CC(C)n1ncc(Cl)c1C(N)c1cncnc1. The Balaban J connectivity index is 2.43. The lowest BCUT2D eigenvalue weighted by Crippen LogP contribution is -2.19. The van der Waals surface area contributed by atoms with Crippen LogP contribution in [0.3, 0.4) is 0 Å². The van der Waals surface area contributed by atoms with Crippen molar-refractivity contribution in [1.29, 1.82) is 0 Å². The number of aromatic nitrogens is 4. The average molecular weight is 252 g/mol. The summed E-state index contributed by atoms with van der Waals surface area (Å²) in [5.41, 5.74) is 7.78. The van der Waals surface area contributed by atoms with Crippen LogP contribution in [0.2, 0.25) is 5.02 Å². The third-order valence-corrected chi connectivity index (χ3v) is 2.80. The highest BCUT2D eigenvalue weighted by Gasteiger charge is 2.20. The molecule has 0 fully saturated rings. The second-order valence-corrected chi connectivity index (χ2v) is 4.47. The van der Waals surface area contributed by atoms with Crippen molar-refractivity contribution >= 4 is 11.6 Å². The van der Waals surface area contributed by atoms with Gasteiger partial charge < -0.3 is 5.73 Å². The van der Waals surface area contributed by atoms with Crippen LogP contribution in [0.4, 0.5) is 0 Å². The van der Waals surface area contributed by atoms with Crippen LogP contribution >= 0.6 is 11.6 Å². The van der Waals surface area contributed by atoms with Crippen LogP contribution in [0.5, 0.6) is 0 Å². The zero-order chi connectivity index (χ0) is 12.4. The van der Waals surface area contributed by atoms with E-state index >= 15 is 0 Å². The molecule has 0 bridgehead atoms. The van der Waals surface area contributed by atoms with Crippen molar-refractivity contribution in [3.63, 3.8) is 0 Å². The first-order valence-corrected chi connectivity index (χ1v) is 5.72. The molecule has 0 aliphatic heterocycles. The molecule has 0 aliphatic carbocycles. The van der Waals surface area contributed by atoms with Crippen molar-refractivity contribution in [2.75, 3.05) is 0 Å². The minimum Gasteiger partial charge on any atom is -0.319 e. The Kier molecular flexibility index (Phi) is 3.40. The third-order valence-electron chi connectivity index (χ3n) is 2.51. The first-order chi connectivity index (χ1) is 8.11. The van der Waals surface area contributed by atoms with Gasteiger partial charge in [0.05, 0.1) is 23.0 Å². The maximum Gasteiger partial charge on any atom is 0.115 e. The van der Waals surface area contributed by atoms with Gasteiger partial charge in [-0.3, -0.25) is 4.68 Å². The van der Waals surface area contributed by atoms with Crippen LogP contribution in [-0.4, -0.2) is 19.7 Å². The maximum absolute atomic E-state index is 6.17. The molecule has 2 aromatic rings. The van der Waals surface area contributed by atoms with Gasteiger partial charge in [-0.25, -0.2) is 9.97 Å². The average Bonchev–Trinajstić information content (AvgIpc) is 2.71. The number of halogens is 1. The smallest absolute Gasteiger partial charge is 0.115 e. The predicted molar refractivity (Wildman–Crippen MR) is 65.7 cm³/mol. The summed E-state index contributed by atoms with van der Waals surface area (Å²) < 4.78 is 1.82. The van der Waals surface area contributed by atoms with E-state index in [2.05, 4.69) is 15.1 Å². The van der Waals surface area contributed by atoms with E-state index in [9.17, 15) is 0 Å². The molecular weight excluding hydrogens is 238 g/mol. The van der Waals surface area contributed by atoms with Crippen molar-refractivity contribution in [2.24, 2.45) is 5.73 Å². The molecule has 17 heavy (non-hydrogen) atoms. The summed E-state index contributed by atoms with van der Waals surface area (Å²) in [6.45, 7) is 4.06. The quantitative estimate of drug-likeness (QED) is 0.905. The molecule has 2 heterocycles. The number of rotatable bonds is 3. The van der Waals surface area contributed by atoms with E-state index in [0.29, 0.717) is 5.02 Å². The van der Waals surface area contributed by atoms with Crippen LogP contribution < -0.4 is 5.73 Å². The minimum atomic E-state index is -0.367. The molecule has 1 atom stereocenters. The topological polar surface area (TPSA) is 69.6 Å². The van der Waals surface area contributed by atoms with Crippen molar-refractivity contribution in [3.8, 4) is 0 Å². The van der Waals surface area contributed by atoms with Crippen molar-refractivity contribution in [3.05, 3.63) is 41.2 Å². The predicted octanol–water partition coefficient (Wildman–Crippen LogP) is 1.96. The molecule has 0 aromatic carbocycles. The lowest BCUT2D eigenvalue weighted by molar-refractivity contribution is 0.499.